The molecule has 1 aliphatic rings. The summed E-state index contributed by atoms with van der Waals surface area (Å²) < 4.78 is 0. The maximum Gasteiger partial charge on any atom is 0.133 e. The highest BCUT2D eigenvalue weighted by Crippen LogP contribution is 2.25. The third-order valence-electron chi connectivity index (χ3n) is 4.13. The lowest BCUT2D eigenvalue weighted by molar-refractivity contribution is -0.117. The van der Waals surface area contributed by atoms with Crippen molar-refractivity contribution in [3.63, 3.8) is 0 Å². The van der Waals surface area contributed by atoms with Gasteiger partial charge in [-0.05, 0) is 25.2 Å². The van der Waals surface area contributed by atoms with Crippen LogP contribution in [0.25, 0.3) is 0 Å². The number of allylic oxidation sites excluding steroid dienone is 4. The summed E-state index contributed by atoms with van der Waals surface area (Å²) in [5, 5.41) is 0. The standard InChI is InChI=1S/C14H22O.C7H16/c1-2-3-4-5-6-7-8-9-13-10-11-14(15)12-13;1-3-5-7-6-4-2/h5-8,13H,2-4,9-12H2,1H3;3-7H2,1-2H3/b6-5+,8-7+;/t13-;/m0./s1. The Morgan fingerprint density at radius 2 is 1.55 bits per heavy atom. The van der Waals surface area contributed by atoms with E-state index in [1.807, 2.05) is 0 Å². The van der Waals surface area contributed by atoms with Crippen LogP contribution >= 0.6 is 0 Å². The van der Waals surface area contributed by atoms with Gasteiger partial charge in [0.05, 0.1) is 0 Å². The monoisotopic (exact) mass is 306 g/mol. The first-order valence-electron chi connectivity index (χ1n) is 9.57. The first kappa shape index (κ1) is 21.1. The number of carbonyl (C=O) groups excluding carboxylic acids is 1. The van der Waals surface area contributed by atoms with Crippen molar-refractivity contribution in [1.82, 2.24) is 0 Å². The zero-order valence-corrected chi connectivity index (χ0v) is 15.3. The van der Waals surface area contributed by atoms with Gasteiger partial charge in [-0.3, -0.25) is 4.79 Å². The number of hydrogen-bond acceptors (Lipinski definition) is 1. The summed E-state index contributed by atoms with van der Waals surface area (Å²) in [7, 11) is 0. The Balaban J connectivity index is 0.000000534. The van der Waals surface area contributed by atoms with E-state index < -0.39 is 0 Å². The first-order valence-corrected chi connectivity index (χ1v) is 9.57. The molecule has 1 fully saturated rings. The second-order valence-corrected chi connectivity index (χ2v) is 6.44. The van der Waals surface area contributed by atoms with E-state index in [4.69, 9.17) is 0 Å². The molecule has 1 atom stereocenters. The molecule has 1 rings (SSSR count). The summed E-state index contributed by atoms with van der Waals surface area (Å²) in [6, 6.07) is 0. The maximum atomic E-state index is 11.0. The summed E-state index contributed by atoms with van der Waals surface area (Å²) in [4.78, 5) is 11.0. The number of hydrogen-bond donors (Lipinski definition) is 0. The van der Waals surface area contributed by atoms with Crippen molar-refractivity contribution < 1.29 is 4.79 Å². The molecule has 0 amide bonds. The molecule has 0 aromatic carbocycles. The molecule has 0 unspecified atom stereocenters. The molecule has 128 valence electrons. The molecule has 0 heterocycles. The number of Topliss-reactive ketones (excluding diaryl/α,β-unsaturated/α-hetero) is 1. The summed E-state index contributed by atoms with van der Waals surface area (Å²) >= 11 is 0. The van der Waals surface area contributed by atoms with E-state index in [0.29, 0.717) is 11.7 Å². The van der Waals surface area contributed by atoms with Crippen molar-refractivity contribution in [2.45, 2.75) is 97.8 Å². The molecule has 0 saturated heterocycles. The van der Waals surface area contributed by atoms with Crippen LogP contribution in [0.1, 0.15) is 97.8 Å². The minimum atomic E-state index is 0.451. The van der Waals surface area contributed by atoms with E-state index >= 15 is 0 Å². The Morgan fingerprint density at radius 3 is 2.09 bits per heavy atom. The molecule has 1 saturated carbocycles. The van der Waals surface area contributed by atoms with Crippen LogP contribution in [0.4, 0.5) is 0 Å². The third kappa shape index (κ3) is 14.1. The second-order valence-electron chi connectivity index (χ2n) is 6.44. The van der Waals surface area contributed by atoms with Gasteiger partial charge in [-0.15, -0.1) is 0 Å². The minimum absolute atomic E-state index is 0.451. The van der Waals surface area contributed by atoms with Crippen LogP contribution in [0.5, 0.6) is 0 Å². The van der Waals surface area contributed by atoms with Gasteiger partial charge >= 0.3 is 0 Å². The van der Waals surface area contributed by atoms with Gasteiger partial charge in [0.15, 0.2) is 0 Å². The molecule has 0 aromatic heterocycles. The van der Waals surface area contributed by atoms with Crippen molar-refractivity contribution >= 4 is 5.78 Å². The van der Waals surface area contributed by atoms with Crippen molar-refractivity contribution in [1.29, 1.82) is 0 Å². The van der Waals surface area contributed by atoms with Crippen LogP contribution in [-0.4, -0.2) is 5.78 Å². The van der Waals surface area contributed by atoms with E-state index in [0.717, 1.165) is 25.7 Å². The Bertz CT molecular complexity index is 297. The van der Waals surface area contributed by atoms with E-state index in [1.165, 1.54) is 51.4 Å². The lowest BCUT2D eigenvalue weighted by Crippen LogP contribution is -1.92. The molecule has 0 bridgehead atoms. The summed E-state index contributed by atoms with van der Waals surface area (Å²) in [6.07, 6.45) is 23.2. The zero-order valence-electron chi connectivity index (χ0n) is 15.3. The fourth-order valence-corrected chi connectivity index (χ4v) is 2.62. The fraction of sp³-hybridized carbons (Fsp3) is 0.762. The Labute approximate surface area is 139 Å². The summed E-state index contributed by atoms with van der Waals surface area (Å²) in [6.45, 7) is 6.70. The van der Waals surface area contributed by atoms with Crippen molar-refractivity contribution in [3.8, 4) is 0 Å². The Kier molecular flexibility index (Phi) is 15.9. The summed E-state index contributed by atoms with van der Waals surface area (Å²) in [5.74, 6) is 1.07. The van der Waals surface area contributed by atoms with Gasteiger partial charge < -0.3 is 0 Å². The molecule has 0 N–H and O–H groups in total. The van der Waals surface area contributed by atoms with Crippen LogP contribution in [0.15, 0.2) is 24.3 Å². The highest BCUT2D eigenvalue weighted by molar-refractivity contribution is 5.80. The van der Waals surface area contributed by atoms with Gasteiger partial charge in [-0.1, -0.05) is 90.0 Å². The smallest absolute Gasteiger partial charge is 0.133 e. The molecular weight excluding hydrogens is 268 g/mol. The molecule has 0 aliphatic heterocycles. The van der Waals surface area contributed by atoms with Crippen LogP contribution in [-0.2, 0) is 4.79 Å². The average molecular weight is 307 g/mol. The van der Waals surface area contributed by atoms with Gasteiger partial charge in [0.2, 0.25) is 0 Å². The molecule has 22 heavy (non-hydrogen) atoms. The van der Waals surface area contributed by atoms with E-state index in [1.54, 1.807) is 0 Å². The molecule has 0 radical (unpaired) electrons. The molecule has 1 nitrogen and oxygen atoms in total. The SMILES string of the molecule is CCCC/C=C/C=C/C[C@H]1CCC(=O)C1.CCCCCCC. The molecular formula is C21H38O. The Hall–Kier alpha value is -0.850. The minimum Gasteiger partial charge on any atom is -0.300 e. The van der Waals surface area contributed by atoms with Gasteiger partial charge in [0, 0.05) is 12.8 Å². The summed E-state index contributed by atoms with van der Waals surface area (Å²) in [5.41, 5.74) is 0. The third-order valence-corrected chi connectivity index (χ3v) is 4.13. The highest BCUT2D eigenvalue weighted by Gasteiger charge is 2.20. The maximum absolute atomic E-state index is 11.0. The van der Waals surface area contributed by atoms with E-state index in [2.05, 4.69) is 45.1 Å². The number of ketones is 1. The van der Waals surface area contributed by atoms with Crippen molar-refractivity contribution in [2.75, 3.05) is 0 Å². The average Bonchev–Trinajstić information content (AvgIpc) is 2.93. The van der Waals surface area contributed by atoms with E-state index in [-0.39, 0.29) is 0 Å². The molecule has 1 heteroatoms. The van der Waals surface area contributed by atoms with Crippen LogP contribution < -0.4 is 0 Å². The van der Waals surface area contributed by atoms with Crippen LogP contribution in [0.2, 0.25) is 0 Å². The van der Waals surface area contributed by atoms with Gasteiger partial charge in [-0.25, -0.2) is 0 Å². The number of rotatable bonds is 10. The molecule has 0 aromatic rings. The largest absolute Gasteiger partial charge is 0.300 e. The molecule has 1 aliphatic carbocycles. The Morgan fingerprint density at radius 1 is 0.909 bits per heavy atom. The predicted molar refractivity (Wildman–Crippen MR) is 99.2 cm³/mol. The van der Waals surface area contributed by atoms with Gasteiger partial charge in [0.1, 0.15) is 5.78 Å². The lowest BCUT2D eigenvalue weighted by atomic mass is 10.0. The van der Waals surface area contributed by atoms with Gasteiger partial charge in [-0.2, -0.15) is 0 Å². The quantitative estimate of drug-likeness (QED) is 0.313. The fourth-order valence-electron chi connectivity index (χ4n) is 2.62. The highest BCUT2D eigenvalue weighted by atomic mass is 16.1. The first-order chi connectivity index (χ1) is 10.7. The lowest BCUT2D eigenvalue weighted by Gasteiger charge is -2.00. The zero-order chi connectivity index (χ0) is 16.5. The predicted octanol–water partition coefficient (Wildman–Crippen LogP) is 7.03. The topological polar surface area (TPSA) is 17.1 Å². The number of carbonyl (C=O) groups is 1. The van der Waals surface area contributed by atoms with Gasteiger partial charge in [0.25, 0.3) is 0 Å². The van der Waals surface area contributed by atoms with Crippen molar-refractivity contribution in [3.05, 3.63) is 24.3 Å². The van der Waals surface area contributed by atoms with Crippen molar-refractivity contribution in [2.24, 2.45) is 5.92 Å². The van der Waals surface area contributed by atoms with Crippen LogP contribution in [0.3, 0.4) is 0 Å². The molecule has 0 spiro atoms. The second kappa shape index (κ2) is 16.5. The van der Waals surface area contributed by atoms with E-state index in [9.17, 15) is 4.79 Å². The van der Waals surface area contributed by atoms with Crippen LogP contribution in [0, 0.1) is 5.92 Å². The number of unbranched alkanes of at least 4 members (excludes halogenated alkanes) is 6. The normalized spacial score (nSPS) is 18.1.